The SMILES string of the molecule is CCOc1ccccc1-c1nnc(CCCCl)o1. The van der Waals surface area contributed by atoms with Gasteiger partial charge in [-0.05, 0) is 25.5 Å². The average Bonchev–Trinajstić information content (AvgIpc) is 2.86. The van der Waals surface area contributed by atoms with Crippen molar-refractivity contribution in [1.29, 1.82) is 0 Å². The molecule has 5 heteroatoms. The van der Waals surface area contributed by atoms with Gasteiger partial charge >= 0.3 is 0 Å². The minimum Gasteiger partial charge on any atom is -0.493 e. The molecule has 0 saturated carbocycles. The summed E-state index contributed by atoms with van der Waals surface area (Å²) in [5, 5.41) is 8.04. The summed E-state index contributed by atoms with van der Waals surface area (Å²) in [6, 6.07) is 7.63. The second kappa shape index (κ2) is 6.40. The summed E-state index contributed by atoms with van der Waals surface area (Å²) in [4.78, 5) is 0. The summed E-state index contributed by atoms with van der Waals surface area (Å²) in [5.41, 5.74) is 0.823. The second-order valence-electron chi connectivity index (χ2n) is 3.72. The monoisotopic (exact) mass is 266 g/mol. The predicted molar refractivity (Wildman–Crippen MR) is 69.9 cm³/mol. The van der Waals surface area contributed by atoms with E-state index in [1.807, 2.05) is 31.2 Å². The number of aromatic nitrogens is 2. The molecule has 0 amide bonds. The van der Waals surface area contributed by atoms with Crippen molar-refractivity contribution in [3.8, 4) is 17.2 Å². The first-order valence-electron chi connectivity index (χ1n) is 5.95. The van der Waals surface area contributed by atoms with Crippen LogP contribution in [0, 0.1) is 0 Å². The first-order chi connectivity index (χ1) is 8.85. The van der Waals surface area contributed by atoms with Crippen LogP contribution in [0.5, 0.6) is 5.75 Å². The van der Waals surface area contributed by atoms with E-state index in [9.17, 15) is 0 Å². The lowest BCUT2D eigenvalue weighted by Crippen LogP contribution is -1.93. The molecule has 0 aliphatic rings. The normalized spacial score (nSPS) is 10.6. The van der Waals surface area contributed by atoms with Crippen molar-refractivity contribution in [2.75, 3.05) is 12.5 Å². The molecule has 1 aromatic carbocycles. The zero-order valence-electron chi connectivity index (χ0n) is 10.2. The number of ether oxygens (including phenoxy) is 1. The molecule has 4 nitrogen and oxygen atoms in total. The van der Waals surface area contributed by atoms with Crippen molar-refractivity contribution in [3.05, 3.63) is 30.2 Å². The molecular formula is C13H15ClN2O2. The van der Waals surface area contributed by atoms with E-state index in [-0.39, 0.29) is 0 Å². The van der Waals surface area contributed by atoms with E-state index in [1.54, 1.807) is 0 Å². The van der Waals surface area contributed by atoms with Crippen molar-refractivity contribution < 1.29 is 9.15 Å². The van der Waals surface area contributed by atoms with Crippen molar-refractivity contribution >= 4 is 11.6 Å². The molecule has 0 N–H and O–H groups in total. The third-order valence-electron chi connectivity index (χ3n) is 2.41. The number of halogens is 1. The Kier molecular flexibility index (Phi) is 4.59. The van der Waals surface area contributed by atoms with Gasteiger partial charge in [-0.1, -0.05) is 12.1 Å². The Labute approximate surface area is 111 Å². The van der Waals surface area contributed by atoms with Gasteiger partial charge in [0.15, 0.2) is 0 Å². The van der Waals surface area contributed by atoms with Crippen LogP contribution in [0.15, 0.2) is 28.7 Å². The Hall–Kier alpha value is -1.55. The first kappa shape index (κ1) is 12.9. The molecule has 96 valence electrons. The van der Waals surface area contributed by atoms with E-state index in [1.165, 1.54) is 0 Å². The number of hydrogen-bond donors (Lipinski definition) is 0. The summed E-state index contributed by atoms with van der Waals surface area (Å²) < 4.78 is 11.1. The van der Waals surface area contributed by atoms with Gasteiger partial charge in [-0.15, -0.1) is 21.8 Å². The highest BCUT2D eigenvalue weighted by atomic mass is 35.5. The highest BCUT2D eigenvalue weighted by Crippen LogP contribution is 2.28. The van der Waals surface area contributed by atoms with Crippen LogP contribution in [-0.4, -0.2) is 22.7 Å². The highest BCUT2D eigenvalue weighted by Gasteiger charge is 2.12. The molecule has 2 aromatic rings. The topological polar surface area (TPSA) is 48.2 Å². The van der Waals surface area contributed by atoms with E-state index in [0.717, 1.165) is 17.7 Å². The van der Waals surface area contributed by atoms with Gasteiger partial charge < -0.3 is 9.15 Å². The predicted octanol–water partition coefficient (Wildman–Crippen LogP) is 3.31. The standard InChI is InChI=1S/C13H15ClN2O2/c1-2-17-11-7-4-3-6-10(11)13-16-15-12(18-13)8-5-9-14/h3-4,6-7H,2,5,8-9H2,1H3. The average molecular weight is 267 g/mol. The Balaban J connectivity index is 2.22. The molecule has 0 aliphatic carbocycles. The Morgan fingerprint density at radius 3 is 2.89 bits per heavy atom. The van der Waals surface area contributed by atoms with Crippen molar-refractivity contribution in [3.63, 3.8) is 0 Å². The summed E-state index contributed by atoms with van der Waals surface area (Å²) >= 11 is 5.63. The molecular weight excluding hydrogens is 252 g/mol. The molecule has 0 atom stereocenters. The molecule has 0 aliphatic heterocycles. The fourth-order valence-corrected chi connectivity index (χ4v) is 1.74. The Morgan fingerprint density at radius 2 is 2.11 bits per heavy atom. The lowest BCUT2D eigenvalue weighted by Gasteiger charge is -2.06. The maximum absolute atomic E-state index is 5.63. The highest BCUT2D eigenvalue weighted by molar-refractivity contribution is 6.17. The number of hydrogen-bond acceptors (Lipinski definition) is 4. The summed E-state index contributed by atoms with van der Waals surface area (Å²) in [6.07, 6.45) is 1.53. The van der Waals surface area contributed by atoms with Crippen LogP contribution in [0.2, 0.25) is 0 Å². The molecule has 0 spiro atoms. The largest absolute Gasteiger partial charge is 0.493 e. The zero-order valence-corrected chi connectivity index (χ0v) is 11.0. The minimum atomic E-state index is 0.489. The van der Waals surface area contributed by atoms with Gasteiger partial charge in [-0.3, -0.25) is 0 Å². The van der Waals surface area contributed by atoms with Crippen molar-refractivity contribution in [2.45, 2.75) is 19.8 Å². The molecule has 2 rings (SSSR count). The molecule has 0 saturated heterocycles. The van der Waals surface area contributed by atoms with E-state index < -0.39 is 0 Å². The van der Waals surface area contributed by atoms with E-state index in [0.29, 0.717) is 30.7 Å². The smallest absolute Gasteiger partial charge is 0.251 e. The van der Waals surface area contributed by atoms with Crippen LogP contribution in [-0.2, 0) is 6.42 Å². The summed E-state index contributed by atoms with van der Waals surface area (Å²) in [6.45, 7) is 2.54. The van der Waals surface area contributed by atoms with Gasteiger partial charge in [-0.25, -0.2) is 0 Å². The third-order valence-corrected chi connectivity index (χ3v) is 2.68. The fourth-order valence-electron chi connectivity index (χ4n) is 1.61. The van der Waals surface area contributed by atoms with Crippen LogP contribution < -0.4 is 4.74 Å². The molecule has 1 heterocycles. The lowest BCUT2D eigenvalue weighted by molar-refractivity contribution is 0.340. The van der Waals surface area contributed by atoms with Crippen molar-refractivity contribution in [2.24, 2.45) is 0 Å². The van der Waals surface area contributed by atoms with Gasteiger partial charge in [0.1, 0.15) is 5.75 Å². The molecule has 0 radical (unpaired) electrons. The molecule has 1 aromatic heterocycles. The Morgan fingerprint density at radius 1 is 1.28 bits per heavy atom. The third kappa shape index (κ3) is 3.01. The van der Waals surface area contributed by atoms with Crippen LogP contribution in [0.4, 0.5) is 0 Å². The number of rotatable bonds is 6. The van der Waals surface area contributed by atoms with Crippen molar-refractivity contribution in [1.82, 2.24) is 10.2 Å². The molecule has 18 heavy (non-hydrogen) atoms. The summed E-state index contributed by atoms with van der Waals surface area (Å²) in [7, 11) is 0. The van der Waals surface area contributed by atoms with Crippen LogP contribution in [0.1, 0.15) is 19.2 Å². The van der Waals surface area contributed by atoms with Crippen LogP contribution in [0.3, 0.4) is 0 Å². The van der Waals surface area contributed by atoms with Gasteiger partial charge in [0, 0.05) is 12.3 Å². The van der Waals surface area contributed by atoms with Crippen LogP contribution in [0.25, 0.3) is 11.5 Å². The van der Waals surface area contributed by atoms with Gasteiger partial charge in [0.2, 0.25) is 5.89 Å². The molecule has 0 unspecified atom stereocenters. The minimum absolute atomic E-state index is 0.489. The number of benzene rings is 1. The van der Waals surface area contributed by atoms with Gasteiger partial charge in [-0.2, -0.15) is 0 Å². The lowest BCUT2D eigenvalue weighted by atomic mass is 10.2. The van der Waals surface area contributed by atoms with Crippen LogP contribution >= 0.6 is 11.6 Å². The number of para-hydroxylation sites is 1. The van der Waals surface area contributed by atoms with E-state index >= 15 is 0 Å². The maximum Gasteiger partial charge on any atom is 0.251 e. The molecule has 0 fully saturated rings. The van der Waals surface area contributed by atoms with Gasteiger partial charge in [0.05, 0.1) is 12.2 Å². The number of alkyl halides is 1. The van der Waals surface area contributed by atoms with E-state index in [4.69, 9.17) is 20.8 Å². The number of nitrogens with zero attached hydrogens (tertiary/aromatic N) is 2. The first-order valence-corrected chi connectivity index (χ1v) is 6.49. The van der Waals surface area contributed by atoms with Gasteiger partial charge in [0.25, 0.3) is 5.89 Å². The molecule has 0 bridgehead atoms. The summed E-state index contributed by atoms with van der Waals surface area (Å²) in [5.74, 6) is 2.45. The maximum atomic E-state index is 5.63. The van der Waals surface area contributed by atoms with E-state index in [2.05, 4.69) is 10.2 Å². The quantitative estimate of drug-likeness (QED) is 0.753. The Bertz CT molecular complexity index is 499. The second-order valence-corrected chi connectivity index (χ2v) is 4.10. The number of aryl methyl sites for hydroxylation is 1. The zero-order chi connectivity index (χ0) is 12.8. The fraction of sp³-hybridized carbons (Fsp3) is 0.385.